The van der Waals surface area contributed by atoms with Gasteiger partial charge in [-0.3, -0.25) is 0 Å². The van der Waals surface area contributed by atoms with Gasteiger partial charge in [-0.25, -0.2) is 10.8 Å². The van der Waals surface area contributed by atoms with Crippen LogP contribution in [0.2, 0.25) is 5.02 Å². The molecule has 0 unspecified atom stereocenters. The number of aryl methyl sites for hydroxylation is 2. The highest BCUT2D eigenvalue weighted by atomic mass is 35.5. The van der Waals surface area contributed by atoms with Gasteiger partial charge in [-0.2, -0.15) is 0 Å². The van der Waals surface area contributed by atoms with E-state index in [1.165, 1.54) is 0 Å². The van der Waals surface area contributed by atoms with Crippen LogP contribution >= 0.6 is 11.6 Å². The summed E-state index contributed by atoms with van der Waals surface area (Å²) in [5.74, 6) is 6.52. The number of halogens is 1. The van der Waals surface area contributed by atoms with Crippen molar-refractivity contribution in [3.63, 3.8) is 0 Å². The minimum absolute atomic E-state index is 0.413. The van der Waals surface area contributed by atoms with Crippen molar-refractivity contribution in [3.8, 4) is 17.0 Å². The Morgan fingerprint density at radius 1 is 1.04 bits per heavy atom. The maximum absolute atomic E-state index is 5.96. The summed E-state index contributed by atoms with van der Waals surface area (Å²) in [6.45, 7) is 4.44. The molecule has 4 nitrogen and oxygen atoms in total. The number of anilines is 1. The lowest BCUT2D eigenvalue weighted by molar-refractivity contribution is 0.293. The Labute approximate surface area is 159 Å². The first-order chi connectivity index (χ1) is 12.5. The van der Waals surface area contributed by atoms with Crippen LogP contribution in [0.4, 0.5) is 5.69 Å². The van der Waals surface area contributed by atoms with Crippen molar-refractivity contribution >= 4 is 17.3 Å². The van der Waals surface area contributed by atoms with E-state index in [-0.39, 0.29) is 0 Å². The third-order valence-corrected chi connectivity index (χ3v) is 4.60. The molecule has 0 fully saturated rings. The van der Waals surface area contributed by atoms with E-state index in [4.69, 9.17) is 22.2 Å². The Balaban J connectivity index is 1.80. The summed E-state index contributed by atoms with van der Waals surface area (Å²) in [6.07, 6.45) is 0. The molecule has 0 radical (unpaired) electrons. The van der Waals surface area contributed by atoms with Gasteiger partial charge in [0, 0.05) is 35.0 Å². The van der Waals surface area contributed by atoms with E-state index in [1.54, 1.807) is 5.01 Å². The van der Waals surface area contributed by atoms with Crippen molar-refractivity contribution in [2.75, 3.05) is 12.1 Å². The summed E-state index contributed by atoms with van der Waals surface area (Å²) in [6, 6.07) is 17.7. The van der Waals surface area contributed by atoms with Crippen molar-refractivity contribution in [1.82, 2.24) is 4.98 Å². The van der Waals surface area contributed by atoms with Crippen LogP contribution in [0.1, 0.15) is 16.8 Å². The highest BCUT2D eigenvalue weighted by Gasteiger charge is 2.10. The molecule has 2 N–H and O–H groups in total. The first-order valence-corrected chi connectivity index (χ1v) is 8.77. The van der Waals surface area contributed by atoms with Crippen LogP contribution in [0.5, 0.6) is 5.88 Å². The zero-order valence-corrected chi connectivity index (χ0v) is 15.9. The molecule has 0 saturated heterocycles. The third kappa shape index (κ3) is 3.98. The van der Waals surface area contributed by atoms with Crippen molar-refractivity contribution in [3.05, 3.63) is 76.4 Å². The number of pyridine rings is 1. The van der Waals surface area contributed by atoms with Crippen molar-refractivity contribution in [2.45, 2.75) is 20.5 Å². The number of ether oxygens (including phenoxy) is 1. The predicted octanol–water partition coefficient (Wildman–Crippen LogP) is 4.91. The predicted molar refractivity (Wildman–Crippen MR) is 108 cm³/mol. The summed E-state index contributed by atoms with van der Waals surface area (Å²) in [5, 5.41) is 2.33. The van der Waals surface area contributed by atoms with E-state index in [0.29, 0.717) is 12.5 Å². The van der Waals surface area contributed by atoms with Crippen LogP contribution in [-0.2, 0) is 6.61 Å². The van der Waals surface area contributed by atoms with Gasteiger partial charge in [0.1, 0.15) is 6.61 Å². The van der Waals surface area contributed by atoms with E-state index in [1.807, 2.05) is 75.5 Å². The molecule has 1 aromatic heterocycles. The van der Waals surface area contributed by atoms with Gasteiger partial charge in [-0.15, -0.1) is 0 Å². The van der Waals surface area contributed by atoms with Gasteiger partial charge >= 0.3 is 0 Å². The summed E-state index contributed by atoms with van der Waals surface area (Å²) in [7, 11) is 1.82. The van der Waals surface area contributed by atoms with Crippen molar-refractivity contribution < 1.29 is 4.74 Å². The molecule has 0 aliphatic rings. The first-order valence-electron chi connectivity index (χ1n) is 8.39. The Bertz CT molecular complexity index is 908. The molecule has 3 rings (SSSR count). The topological polar surface area (TPSA) is 51.4 Å². The molecule has 0 atom stereocenters. The fraction of sp³-hybridized carbons (Fsp3) is 0.190. The molecule has 1 heterocycles. The van der Waals surface area contributed by atoms with Crippen LogP contribution in [0.3, 0.4) is 0 Å². The number of rotatable bonds is 5. The average molecular weight is 368 g/mol. The molecule has 26 heavy (non-hydrogen) atoms. The maximum atomic E-state index is 5.96. The summed E-state index contributed by atoms with van der Waals surface area (Å²) < 4.78 is 5.94. The molecule has 0 bridgehead atoms. The van der Waals surface area contributed by atoms with E-state index >= 15 is 0 Å². The van der Waals surface area contributed by atoms with E-state index in [2.05, 4.69) is 4.98 Å². The molecule has 134 valence electrons. The number of hydrazine groups is 1. The zero-order valence-electron chi connectivity index (χ0n) is 15.2. The maximum Gasteiger partial charge on any atom is 0.213 e. The third-order valence-electron chi connectivity index (χ3n) is 4.35. The number of benzene rings is 2. The summed E-state index contributed by atoms with van der Waals surface area (Å²) >= 11 is 5.96. The van der Waals surface area contributed by atoms with Gasteiger partial charge in [-0.1, -0.05) is 35.9 Å². The molecular weight excluding hydrogens is 346 g/mol. The highest BCUT2D eigenvalue weighted by molar-refractivity contribution is 6.30. The second-order valence-electron chi connectivity index (χ2n) is 6.26. The zero-order chi connectivity index (χ0) is 18.7. The molecule has 0 saturated carbocycles. The largest absolute Gasteiger partial charge is 0.473 e. The van der Waals surface area contributed by atoms with E-state index < -0.39 is 0 Å². The number of hydrogen-bond acceptors (Lipinski definition) is 4. The lowest BCUT2D eigenvalue weighted by atomic mass is 10.0. The SMILES string of the molecule is Cc1cccc(N(C)N)c1COc1ccc(-c2ccc(Cl)cc2)c(C)n1. The number of nitrogens with two attached hydrogens (primary N) is 1. The fourth-order valence-electron chi connectivity index (χ4n) is 2.90. The highest BCUT2D eigenvalue weighted by Crippen LogP contribution is 2.27. The Hall–Kier alpha value is -2.56. The monoisotopic (exact) mass is 367 g/mol. The second-order valence-corrected chi connectivity index (χ2v) is 6.70. The van der Waals surface area contributed by atoms with Crippen molar-refractivity contribution in [1.29, 1.82) is 0 Å². The molecule has 0 spiro atoms. The molecule has 0 amide bonds. The van der Waals surface area contributed by atoms with Crippen molar-refractivity contribution in [2.24, 2.45) is 5.84 Å². The van der Waals surface area contributed by atoms with Gasteiger partial charge in [0.05, 0.1) is 5.69 Å². The molecule has 2 aromatic carbocycles. The first kappa shape index (κ1) is 18.2. The Kier molecular flexibility index (Phi) is 5.45. The van der Waals surface area contributed by atoms with Gasteiger partial charge in [0.15, 0.2) is 0 Å². The normalized spacial score (nSPS) is 10.7. The van der Waals surface area contributed by atoms with E-state index in [9.17, 15) is 0 Å². The quantitative estimate of drug-likeness (QED) is 0.514. The summed E-state index contributed by atoms with van der Waals surface area (Å²) in [5.41, 5.74) is 6.18. The molecule has 0 aliphatic carbocycles. The van der Waals surface area contributed by atoms with Gasteiger partial charge in [0.2, 0.25) is 5.88 Å². The standard InChI is InChI=1S/C21H22ClN3O/c1-14-5-4-6-20(25(3)23)19(14)13-26-21-12-11-18(15(2)24-21)16-7-9-17(22)10-8-16/h4-12H,13,23H2,1-3H3. The second kappa shape index (κ2) is 7.77. The summed E-state index contributed by atoms with van der Waals surface area (Å²) in [4.78, 5) is 4.59. The molecular formula is C21H22ClN3O. The lowest BCUT2D eigenvalue weighted by Crippen LogP contribution is -2.26. The van der Waals surface area contributed by atoms with Crippen LogP contribution in [0, 0.1) is 13.8 Å². The van der Waals surface area contributed by atoms with E-state index in [0.717, 1.165) is 38.7 Å². The van der Waals surface area contributed by atoms with Gasteiger partial charge in [-0.05, 0) is 49.2 Å². The molecule has 3 aromatic rings. The van der Waals surface area contributed by atoms with Gasteiger partial charge in [0.25, 0.3) is 0 Å². The average Bonchev–Trinajstić information content (AvgIpc) is 2.61. The minimum atomic E-state index is 0.413. The van der Waals surface area contributed by atoms with Crippen LogP contribution < -0.4 is 15.6 Å². The number of hydrogen-bond donors (Lipinski definition) is 1. The fourth-order valence-corrected chi connectivity index (χ4v) is 3.03. The Morgan fingerprint density at radius 3 is 2.42 bits per heavy atom. The van der Waals surface area contributed by atoms with Gasteiger partial charge < -0.3 is 9.75 Å². The van der Waals surface area contributed by atoms with Crippen LogP contribution in [0.15, 0.2) is 54.6 Å². The smallest absolute Gasteiger partial charge is 0.213 e. The molecule has 0 aliphatic heterocycles. The number of aromatic nitrogens is 1. The molecule has 5 heteroatoms. The number of nitrogens with zero attached hydrogens (tertiary/aromatic N) is 2. The lowest BCUT2D eigenvalue weighted by Gasteiger charge is -2.19. The Morgan fingerprint density at radius 2 is 1.77 bits per heavy atom. The van der Waals surface area contributed by atoms with Crippen LogP contribution in [0.25, 0.3) is 11.1 Å². The van der Waals surface area contributed by atoms with Crippen LogP contribution in [-0.4, -0.2) is 12.0 Å². The minimum Gasteiger partial charge on any atom is -0.473 e.